The van der Waals surface area contributed by atoms with Gasteiger partial charge in [-0.2, -0.15) is 5.26 Å². The van der Waals surface area contributed by atoms with Crippen LogP contribution in [0.15, 0.2) is 36.4 Å². The van der Waals surface area contributed by atoms with Crippen molar-refractivity contribution in [3.63, 3.8) is 0 Å². The van der Waals surface area contributed by atoms with Crippen LogP contribution in [0.3, 0.4) is 0 Å². The molecule has 2 N–H and O–H groups in total. The maximum Gasteiger partial charge on any atom is 0.312 e. The number of carbonyl (C=O) groups is 1. The van der Waals surface area contributed by atoms with Crippen LogP contribution in [-0.4, -0.2) is 44.0 Å². The minimum atomic E-state index is -0.625. The van der Waals surface area contributed by atoms with Crippen molar-refractivity contribution >= 4 is 17.6 Å². The first-order valence-corrected chi connectivity index (χ1v) is 19.3. The van der Waals surface area contributed by atoms with E-state index in [1.807, 2.05) is 90.9 Å². The maximum absolute atomic E-state index is 13.0. The molecule has 52 heavy (non-hydrogen) atoms. The van der Waals surface area contributed by atoms with Crippen LogP contribution in [0.5, 0.6) is 23.0 Å². The van der Waals surface area contributed by atoms with E-state index in [-0.39, 0.29) is 23.6 Å². The number of unbranched alkanes of at least 4 members (excludes halogenated alkanes) is 8. The number of nitrogens with two attached hydrogens (primary N) is 1. The lowest BCUT2D eigenvalue weighted by molar-refractivity contribution is -0.164. The Balaban J connectivity index is 1.74. The highest BCUT2D eigenvalue weighted by Crippen LogP contribution is 2.45. The second-order valence-corrected chi connectivity index (χ2v) is 16.5. The third-order valence-electron chi connectivity index (χ3n) is 9.29. The molecular formula is C44H68N2O6. The van der Waals surface area contributed by atoms with Gasteiger partial charge in [0.15, 0.2) is 23.0 Å². The summed E-state index contributed by atoms with van der Waals surface area (Å²) >= 11 is 0. The van der Waals surface area contributed by atoms with E-state index in [1.54, 1.807) is 7.11 Å². The predicted molar refractivity (Wildman–Crippen MR) is 213 cm³/mol. The van der Waals surface area contributed by atoms with E-state index in [4.69, 9.17) is 29.4 Å². The number of benzene rings is 2. The number of esters is 1. The van der Waals surface area contributed by atoms with Crippen LogP contribution >= 0.6 is 0 Å². The van der Waals surface area contributed by atoms with Crippen molar-refractivity contribution in [1.82, 2.24) is 0 Å². The van der Waals surface area contributed by atoms with Crippen LogP contribution in [-0.2, 0) is 9.53 Å². The second-order valence-electron chi connectivity index (χ2n) is 16.5. The molecule has 0 bridgehead atoms. The van der Waals surface area contributed by atoms with Crippen LogP contribution in [0, 0.1) is 22.2 Å². The Kier molecular flexibility index (Phi) is 18.1. The number of ether oxygens (including phenoxy) is 5. The van der Waals surface area contributed by atoms with E-state index >= 15 is 0 Å². The molecule has 0 saturated heterocycles. The Morgan fingerprint density at radius 3 is 1.81 bits per heavy atom. The number of rotatable bonds is 23. The molecule has 2 rings (SSSR count). The highest BCUT2D eigenvalue weighted by Gasteiger charge is 2.47. The van der Waals surface area contributed by atoms with E-state index in [1.165, 1.54) is 25.7 Å². The molecule has 0 aliphatic rings. The predicted octanol–water partition coefficient (Wildman–Crippen LogP) is 10.9. The van der Waals surface area contributed by atoms with Crippen molar-refractivity contribution in [1.29, 1.82) is 5.26 Å². The maximum atomic E-state index is 13.0. The van der Waals surface area contributed by atoms with Crippen molar-refractivity contribution in [2.75, 3.05) is 20.3 Å². The standard InChI is InChI=1S/C44H68N2O6/c1-32(2)51-38-24-22-35(29-40(38)52-33(3)4)36(30-45)27-34-21-23-37(39(28-34)48-11)49-25-19-17-15-13-12-14-16-18-20-26-50-41(47)44(10,42(5,6)7)31-43(8,9)46/h21-24,27-29,32-33H,12-20,25-26,31,46H2,1-11H3/b36-27+. The van der Waals surface area contributed by atoms with Gasteiger partial charge in [-0.3, -0.25) is 4.79 Å². The molecule has 0 saturated carbocycles. The Hall–Kier alpha value is -3.70. The molecule has 0 fully saturated rings. The zero-order chi connectivity index (χ0) is 39.0. The van der Waals surface area contributed by atoms with Gasteiger partial charge in [-0.05, 0) is 121 Å². The number of nitrogens with zero attached hydrogens (tertiary/aromatic N) is 1. The lowest BCUT2D eigenvalue weighted by Crippen LogP contribution is -2.49. The van der Waals surface area contributed by atoms with Gasteiger partial charge in [0, 0.05) is 5.54 Å². The molecule has 1 unspecified atom stereocenters. The molecule has 0 radical (unpaired) electrons. The Labute approximate surface area is 315 Å². The Morgan fingerprint density at radius 2 is 1.29 bits per heavy atom. The molecule has 290 valence electrons. The first-order chi connectivity index (χ1) is 24.4. The first kappa shape index (κ1) is 44.5. The zero-order valence-corrected chi connectivity index (χ0v) is 34.2. The summed E-state index contributed by atoms with van der Waals surface area (Å²) in [6.07, 6.45) is 12.4. The van der Waals surface area contributed by atoms with Gasteiger partial charge < -0.3 is 29.4 Å². The quantitative estimate of drug-likeness (QED) is 0.0522. The summed E-state index contributed by atoms with van der Waals surface area (Å²) in [6, 6.07) is 13.7. The fourth-order valence-electron chi connectivity index (χ4n) is 6.12. The third-order valence-corrected chi connectivity index (χ3v) is 9.29. The molecule has 8 heteroatoms. The Bertz CT molecular complexity index is 1460. The summed E-state index contributed by atoms with van der Waals surface area (Å²) < 4.78 is 29.4. The molecule has 1 atom stereocenters. The van der Waals surface area contributed by atoms with Gasteiger partial charge in [0.2, 0.25) is 0 Å². The minimum absolute atomic E-state index is 0.00459. The third kappa shape index (κ3) is 15.1. The molecule has 0 amide bonds. The number of nitriles is 1. The van der Waals surface area contributed by atoms with Gasteiger partial charge in [-0.25, -0.2) is 0 Å². The van der Waals surface area contributed by atoms with E-state index in [0.717, 1.165) is 43.2 Å². The molecule has 0 aromatic heterocycles. The average molecular weight is 721 g/mol. The van der Waals surface area contributed by atoms with E-state index in [9.17, 15) is 10.1 Å². The minimum Gasteiger partial charge on any atom is -0.493 e. The Morgan fingerprint density at radius 1 is 0.750 bits per heavy atom. The molecule has 0 aliphatic heterocycles. The summed E-state index contributed by atoms with van der Waals surface area (Å²) in [6.45, 7) is 21.1. The summed E-state index contributed by atoms with van der Waals surface area (Å²) in [5.74, 6) is 2.46. The van der Waals surface area contributed by atoms with Crippen LogP contribution in [0.4, 0.5) is 0 Å². The van der Waals surface area contributed by atoms with Crippen molar-refractivity contribution in [2.24, 2.45) is 16.6 Å². The average Bonchev–Trinajstić information content (AvgIpc) is 3.05. The van der Waals surface area contributed by atoms with Crippen LogP contribution in [0.2, 0.25) is 0 Å². The molecule has 0 aliphatic carbocycles. The monoisotopic (exact) mass is 721 g/mol. The fourth-order valence-corrected chi connectivity index (χ4v) is 6.12. The highest BCUT2D eigenvalue weighted by molar-refractivity contribution is 5.90. The summed E-state index contributed by atoms with van der Waals surface area (Å²) in [4.78, 5) is 13.0. The van der Waals surface area contributed by atoms with Crippen molar-refractivity contribution in [2.45, 2.75) is 151 Å². The van der Waals surface area contributed by atoms with E-state index in [0.29, 0.717) is 48.2 Å². The summed E-state index contributed by atoms with van der Waals surface area (Å²) in [5.41, 5.74) is 7.08. The van der Waals surface area contributed by atoms with Gasteiger partial charge >= 0.3 is 5.97 Å². The van der Waals surface area contributed by atoms with Gasteiger partial charge in [0.05, 0.1) is 49.6 Å². The van der Waals surface area contributed by atoms with Crippen LogP contribution < -0.4 is 24.7 Å². The molecule has 0 heterocycles. The largest absolute Gasteiger partial charge is 0.493 e. The molecule has 8 nitrogen and oxygen atoms in total. The lowest BCUT2D eigenvalue weighted by Gasteiger charge is -2.43. The second kappa shape index (κ2) is 21.1. The van der Waals surface area contributed by atoms with E-state index < -0.39 is 11.0 Å². The number of hydrogen-bond donors (Lipinski definition) is 1. The van der Waals surface area contributed by atoms with Crippen LogP contribution in [0.25, 0.3) is 11.6 Å². The summed E-state index contributed by atoms with van der Waals surface area (Å²) in [5, 5.41) is 10.0. The number of carbonyl (C=O) groups excluding carboxylic acids is 1. The first-order valence-electron chi connectivity index (χ1n) is 19.3. The lowest BCUT2D eigenvalue weighted by atomic mass is 9.63. The fraction of sp³-hybridized carbons (Fsp3) is 0.636. The summed E-state index contributed by atoms with van der Waals surface area (Å²) in [7, 11) is 1.63. The molecule has 2 aromatic carbocycles. The van der Waals surface area contributed by atoms with E-state index in [2.05, 4.69) is 26.8 Å². The van der Waals surface area contributed by atoms with Gasteiger partial charge in [-0.1, -0.05) is 71.8 Å². The van der Waals surface area contributed by atoms with Crippen LogP contribution in [0.1, 0.15) is 145 Å². The van der Waals surface area contributed by atoms with Crippen molar-refractivity contribution in [3.05, 3.63) is 47.5 Å². The van der Waals surface area contributed by atoms with Crippen molar-refractivity contribution in [3.8, 4) is 29.1 Å². The number of methoxy groups -OCH3 is 1. The molecular weight excluding hydrogens is 652 g/mol. The number of allylic oxidation sites excluding steroid dienone is 1. The smallest absolute Gasteiger partial charge is 0.312 e. The van der Waals surface area contributed by atoms with Gasteiger partial charge in [0.1, 0.15) is 0 Å². The van der Waals surface area contributed by atoms with Gasteiger partial charge in [0.25, 0.3) is 0 Å². The SMILES string of the molecule is COc1cc(/C=C(\C#N)c2ccc(OC(C)C)c(OC(C)C)c2)ccc1OCCCCCCCCCCCOC(=O)C(C)(CC(C)(C)N)C(C)(C)C. The normalized spacial score (nSPS) is 13.4. The molecule has 0 spiro atoms. The van der Waals surface area contributed by atoms with Crippen molar-refractivity contribution < 1.29 is 28.5 Å². The molecule has 2 aromatic rings. The van der Waals surface area contributed by atoms with Gasteiger partial charge in [-0.15, -0.1) is 0 Å². The number of hydrogen-bond acceptors (Lipinski definition) is 8. The highest BCUT2D eigenvalue weighted by atomic mass is 16.5. The zero-order valence-electron chi connectivity index (χ0n) is 34.2. The topological polar surface area (TPSA) is 113 Å².